The molecule has 1 amide bonds. The summed E-state index contributed by atoms with van der Waals surface area (Å²) in [5.41, 5.74) is 2.31. The van der Waals surface area contributed by atoms with E-state index in [1.54, 1.807) is 43.1 Å². The first-order valence-corrected chi connectivity index (χ1v) is 13.6. The summed E-state index contributed by atoms with van der Waals surface area (Å²) in [6.45, 7) is 2.23. The van der Waals surface area contributed by atoms with Gasteiger partial charge in [0.2, 0.25) is 5.91 Å². The lowest BCUT2D eigenvalue weighted by Crippen LogP contribution is -2.48. The van der Waals surface area contributed by atoms with E-state index in [0.717, 1.165) is 17.2 Å². The molecule has 1 saturated heterocycles. The number of halogens is 2. The van der Waals surface area contributed by atoms with Crippen LogP contribution in [0.4, 0.5) is 4.39 Å². The number of rotatable bonds is 10. The Bertz CT molecular complexity index is 1220. The zero-order chi connectivity index (χ0) is 26.4. The van der Waals surface area contributed by atoms with Crippen molar-refractivity contribution in [2.75, 3.05) is 32.5 Å². The van der Waals surface area contributed by atoms with Crippen molar-refractivity contribution in [3.05, 3.63) is 65.1 Å². The lowest BCUT2D eigenvalue weighted by Gasteiger charge is -2.40. The van der Waals surface area contributed by atoms with E-state index in [1.165, 1.54) is 18.3 Å². The highest BCUT2D eigenvalue weighted by Gasteiger charge is 2.41. The molecule has 1 atom stereocenters. The number of nitrogens with one attached hydrogen (secondary N) is 1. The minimum absolute atomic E-state index is 0.247. The molecule has 0 saturated carbocycles. The molecule has 10 heteroatoms. The van der Waals surface area contributed by atoms with Crippen LogP contribution in [0.25, 0.3) is 10.9 Å². The van der Waals surface area contributed by atoms with Gasteiger partial charge in [0.1, 0.15) is 11.6 Å². The Kier molecular flexibility index (Phi) is 9.26. The number of pyridine rings is 1. The standard InChI is InChI=1S/C27H31ClFN3O4S/c1-36-19-4-7-23-21(16-19)25(22(28)17-30-23)24(33)8-9-27(26(34)31-35)10-12-32(13-11-27)14-15-37-20-5-2-18(29)3-6-20/h2-7,16-17,24,33,35H,8-15H2,1H3,(H,31,34). The number of fused-ring (bicyclic) bond motifs is 1. The monoisotopic (exact) mass is 547 g/mol. The van der Waals surface area contributed by atoms with Crippen LogP contribution in [0.3, 0.4) is 0 Å². The van der Waals surface area contributed by atoms with Crippen molar-refractivity contribution < 1.29 is 24.2 Å². The minimum Gasteiger partial charge on any atom is -0.497 e. The van der Waals surface area contributed by atoms with Crippen LogP contribution in [-0.4, -0.2) is 58.6 Å². The van der Waals surface area contributed by atoms with E-state index in [1.807, 2.05) is 11.5 Å². The van der Waals surface area contributed by atoms with Crippen LogP contribution in [0, 0.1) is 11.2 Å². The van der Waals surface area contributed by atoms with Crippen molar-refractivity contribution in [2.24, 2.45) is 5.41 Å². The molecule has 1 aromatic heterocycles. The molecule has 4 rings (SSSR count). The van der Waals surface area contributed by atoms with Gasteiger partial charge in [-0.05, 0) is 81.2 Å². The number of ether oxygens (including phenoxy) is 1. The number of piperidine rings is 1. The van der Waals surface area contributed by atoms with E-state index >= 15 is 0 Å². The van der Waals surface area contributed by atoms with E-state index in [-0.39, 0.29) is 5.82 Å². The van der Waals surface area contributed by atoms with Crippen molar-refractivity contribution in [1.82, 2.24) is 15.4 Å². The largest absolute Gasteiger partial charge is 0.497 e. The van der Waals surface area contributed by atoms with Crippen LogP contribution >= 0.6 is 23.4 Å². The first kappa shape index (κ1) is 27.6. The van der Waals surface area contributed by atoms with E-state index in [9.17, 15) is 19.5 Å². The number of carbonyl (C=O) groups is 1. The third-order valence-electron chi connectivity index (χ3n) is 7.18. The summed E-state index contributed by atoms with van der Waals surface area (Å²) in [5, 5.41) is 21.7. The highest BCUT2D eigenvalue weighted by Crippen LogP contribution is 2.41. The summed E-state index contributed by atoms with van der Waals surface area (Å²) < 4.78 is 18.4. The van der Waals surface area contributed by atoms with Gasteiger partial charge in [-0.15, -0.1) is 11.8 Å². The lowest BCUT2D eigenvalue weighted by atomic mass is 9.73. The normalized spacial score (nSPS) is 16.5. The van der Waals surface area contributed by atoms with Crippen LogP contribution in [0.15, 0.2) is 53.6 Å². The van der Waals surface area contributed by atoms with Gasteiger partial charge in [-0.25, -0.2) is 9.87 Å². The van der Waals surface area contributed by atoms with Crippen molar-refractivity contribution >= 4 is 40.2 Å². The average molecular weight is 548 g/mol. The Morgan fingerprint density at radius 3 is 2.68 bits per heavy atom. The molecule has 3 N–H and O–H groups in total. The number of nitrogens with zero attached hydrogens (tertiary/aromatic N) is 2. The van der Waals surface area contributed by atoms with Crippen LogP contribution in [0.5, 0.6) is 5.75 Å². The fourth-order valence-electron chi connectivity index (χ4n) is 4.93. The topological polar surface area (TPSA) is 94.9 Å². The number of thioether (sulfide) groups is 1. The molecule has 0 bridgehead atoms. The Balaban J connectivity index is 1.39. The molecule has 37 heavy (non-hydrogen) atoms. The number of aliphatic hydroxyl groups is 1. The Hall–Kier alpha value is -2.43. The second-order valence-corrected chi connectivity index (χ2v) is 10.9. The third kappa shape index (κ3) is 6.53. The highest BCUT2D eigenvalue weighted by molar-refractivity contribution is 7.99. The van der Waals surface area contributed by atoms with Gasteiger partial charge in [-0.2, -0.15) is 0 Å². The van der Waals surface area contributed by atoms with Crippen LogP contribution in [0.1, 0.15) is 37.4 Å². The zero-order valence-corrected chi connectivity index (χ0v) is 22.2. The number of methoxy groups -OCH3 is 1. The molecule has 0 spiro atoms. The summed E-state index contributed by atoms with van der Waals surface area (Å²) in [6, 6.07) is 11.9. The smallest absolute Gasteiger partial charge is 0.249 e. The number of likely N-dealkylation sites (tertiary alicyclic amines) is 1. The maximum absolute atomic E-state index is 13.1. The molecule has 3 aromatic rings. The van der Waals surface area contributed by atoms with Crippen LogP contribution < -0.4 is 10.2 Å². The van der Waals surface area contributed by atoms with E-state index < -0.39 is 17.4 Å². The number of hydrogen-bond donors (Lipinski definition) is 3. The van der Waals surface area contributed by atoms with Gasteiger partial charge in [-0.3, -0.25) is 15.0 Å². The second kappa shape index (κ2) is 12.4. The van der Waals surface area contributed by atoms with Gasteiger partial charge in [-0.1, -0.05) is 11.6 Å². The molecule has 7 nitrogen and oxygen atoms in total. The summed E-state index contributed by atoms with van der Waals surface area (Å²) in [5.74, 6) is 0.808. The molecule has 0 radical (unpaired) electrons. The number of benzene rings is 2. The van der Waals surface area contributed by atoms with Crippen molar-refractivity contribution in [3.63, 3.8) is 0 Å². The van der Waals surface area contributed by atoms with Crippen molar-refractivity contribution in [2.45, 2.75) is 36.7 Å². The third-order valence-corrected chi connectivity index (χ3v) is 8.48. The first-order valence-electron chi connectivity index (χ1n) is 12.2. The molecule has 1 unspecified atom stereocenters. The number of carbonyl (C=O) groups excluding carboxylic acids is 1. The summed E-state index contributed by atoms with van der Waals surface area (Å²) in [7, 11) is 1.57. The van der Waals surface area contributed by atoms with Gasteiger partial charge in [0.05, 0.1) is 29.2 Å². The van der Waals surface area contributed by atoms with Crippen LogP contribution in [-0.2, 0) is 4.79 Å². The molecule has 2 heterocycles. The molecule has 198 valence electrons. The predicted octanol–water partition coefficient (Wildman–Crippen LogP) is 5.23. The van der Waals surface area contributed by atoms with E-state index in [0.29, 0.717) is 66.0 Å². The molecule has 1 aliphatic rings. The fourth-order valence-corrected chi connectivity index (χ4v) is 6.12. The van der Waals surface area contributed by atoms with Gasteiger partial charge >= 0.3 is 0 Å². The molecular formula is C27H31ClFN3O4S. The number of hydroxylamine groups is 1. The summed E-state index contributed by atoms with van der Waals surface area (Å²) in [4.78, 5) is 20.4. The van der Waals surface area contributed by atoms with E-state index in [2.05, 4.69) is 9.88 Å². The maximum atomic E-state index is 13.1. The molecule has 0 aliphatic carbocycles. The Labute approximate surface area is 224 Å². The first-order chi connectivity index (χ1) is 17.8. The number of amides is 1. The number of aliphatic hydroxyl groups excluding tert-OH is 1. The average Bonchev–Trinajstić information content (AvgIpc) is 2.92. The van der Waals surface area contributed by atoms with Crippen molar-refractivity contribution in [3.8, 4) is 5.75 Å². The zero-order valence-electron chi connectivity index (χ0n) is 20.6. The van der Waals surface area contributed by atoms with Gasteiger partial charge in [0.25, 0.3) is 0 Å². The molecule has 2 aromatic carbocycles. The highest BCUT2D eigenvalue weighted by atomic mass is 35.5. The Morgan fingerprint density at radius 1 is 1.27 bits per heavy atom. The summed E-state index contributed by atoms with van der Waals surface area (Å²) in [6.07, 6.45) is 2.41. The fraction of sp³-hybridized carbons (Fsp3) is 0.407. The number of hydrogen-bond acceptors (Lipinski definition) is 7. The lowest BCUT2D eigenvalue weighted by molar-refractivity contribution is -0.143. The predicted molar refractivity (Wildman–Crippen MR) is 143 cm³/mol. The van der Waals surface area contributed by atoms with Gasteiger partial charge < -0.3 is 14.7 Å². The number of aromatic nitrogens is 1. The van der Waals surface area contributed by atoms with Crippen molar-refractivity contribution in [1.29, 1.82) is 0 Å². The molecule has 1 aliphatic heterocycles. The van der Waals surface area contributed by atoms with Gasteiger partial charge in [0, 0.05) is 34.3 Å². The van der Waals surface area contributed by atoms with E-state index in [4.69, 9.17) is 16.3 Å². The molecular weight excluding hydrogens is 517 g/mol. The maximum Gasteiger partial charge on any atom is 0.249 e. The second-order valence-electron chi connectivity index (χ2n) is 9.32. The quantitative estimate of drug-likeness (QED) is 0.182. The minimum atomic E-state index is -0.918. The molecule has 1 fully saturated rings. The Morgan fingerprint density at radius 2 is 2.00 bits per heavy atom. The SMILES string of the molecule is COc1ccc2ncc(Cl)c(C(O)CCC3(C(=O)NO)CCN(CCSc4ccc(F)cc4)CC3)c2c1. The van der Waals surface area contributed by atoms with Gasteiger partial charge in [0.15, 0.2) is 0 Å². The van der Waals surface area contributed by atoms with Crippen LogP contribution in [0.2, 0.25) is 5.02 Å². The summed E-state index contributed by atoms with van der Waals surface area (Å²) >= 11 is 8.11.